The number of aromatic nitrogens is 1. The van der Waals surface area contributed by atoms with Gasteiger partial charge in [-0.1, -0.05) is 43.0 Å². The van der Waals surface area contributed by atoms with Gasteiger partial charge in [0.15, 0.2) is 12.4 Å². The van der Waals surface area contributed by atoms with E-state index in [1.165, 1.54) is 9.80 Å². The second kappa shape index (κ2) is 11.5. The van der Waals surface area contributed by atoms with Crippen molar-refractivity contribution in [3.05, 3.63) is 137 Å². The summed E-state index contributed by atoms with van der Waals surface area (Å²) < 4.78 is 1.94. The van der Waals surface area contributed by atoms with E-state index in [0.717, 1.165) is 43.5 Å². The van der Waals surface area contributed by atoms with Gasteiger partial charge in [-0.15, -0.1) is 0 Å². The second-order valence-corrected chi connectivity index (χ2v) is 12.6. The largest absolute Gasteiger partial charge is 0.394 e. The molecule has 49 heavy (non-hydrogen) atoms. The van der Waals surface area contributed by atoms with Crippen LogP contribution in [-0.2, 0) is 13.5 Å². The Morgan fingerprint density at radius 3 is 1.55 bits per heavy atom. The first-order valence-electron chi connectivity index (χ1n) is 16.3. The molecule has 0 saturated carbocycles. The van der Waals surface area contributed by atoms with E-state index in [0.29, 0.717) is 45.9 Å². The van der Waals surface area contributed by atoms with Crippen molar-refractivity contribution in [2.75, 3.05) is 20.1 Å². The van der Waals surface area contributed by atoms with Crippen molar-refractivity contribution in [3.63, 3.8) is 0 Å². The van der Waals surface area contributed by atoms with Crippen molar-refractivity contribution >= 4 is 66.7 Å². The van der Waals surface area contributed by atoms with Gasteiger partial charge in [-0.05, 0) is 92.8 Å². The molecule has 1 N–H and O–H groups in total. The number of nitrogens with zero attached hydrogens (tertiary/aromatic N) is 3. The molecule has 1 aromatic heterocycles. The maximum absolute atomic E-state index is 13.9. The Labute approximate surface area is 282 Å². The molecule has 8 rings (SSSR count). The fraction of sp³-hybridized carbons (Fsp3) is 0.146. The molecule has 0 radical (unpaired) electrons. The molecule has 4 amide bonds. The molecule has 0 unspecified atom stereocenters. The van der Waals surface area contributed by atoms with Crippen molar-refractivity contribution in [2.24, 2.45) is 7.05 Å². The van der Waals surface area contributed by atoms with Crippen LogP contribution in [0.15, 0.2) is 110 Å². The molecule has 0 atom stereocenters. The highest BCUT2D eigenvalue weighted by Crippen LogP contribution is 2.46. The van der Waals surface area contributed by atoms with Crippen LogP contribution in [0.1, 0.15) is 53.4 Å². The number of imide groups is 2. The number of pyridine rings is 1. The minimum Gasteiger partial charge on any atom is -0.394 e. The quantitative estimate of drug-likeness (QED) is 0.0662. The molecule has 240 valence electrons. The zero-order chi connectivity index (χ0) is 34.0. The van der Waals surface area contributed by atoms with Gasteiger partial charge in [0.1, 0.15) is 7.05 Å². The van der Waals surface area contributed by atoms with Gasteiger partial charge in [0.25, 0.3) is 23.6 Å². The number of amides is 4. The number of hydrogen-bond acceptors (Lipinski definition) is 5. The molecule has 3 heterocycles. The number of rotatable bonds is 9. The van der Waals surface area contributed by atoms with E-state index in [2.05, 4.69) is 11.9 Å². The summed E-state index contributed by atoms with van der Waals surface area (Å²) in [6.07, 6.45) is 12.2. The first-order valence-corrected chi connectivity index (χ1v) is 16.3. The first-order chi connectivity index (χ1) is 23.8. The molecule has 0 bridgehead atoms. The summed E-state index contributed by atoms with van der Waals surface area (Å²) in [5.41, 5.74) is 3.94. The van der Waals surface area contributed by atoms with Gasteiger partial charge >= 0.3 is 0 Å². The molecule has 0 saturated heterocycles. The van der Waals surface area contributed by atoms with Gasteiger partial charge < -0.3 is 5.32 Å². The first kappa shape index (κ1) is 30.2. The lowest BCUT2D eigenvalue weighted by atomic mass is 9.82. The number of carbonyl (C=O) groups excluding carboxylic acids is 4. The summed E-state index contributed by atoms with van der Waals surface area (Å²) in [4.78, 5) is 58.3. The molecule has 2 aliphatic rings. The summed E-state index contributed by atoms with van der Waals surface area (Å²) in [5, 5.41) is 9.42. The summed E-state index contributed by atoms with van der Waals surface area (Å²) in [5.74, 6) is -1.26. The second-order valence-electron chi connectivity index (χ2n) is 12.6. The molecular formula is C41H33N4O4+. The van der Waals surface area contributed by atoms with Crippen molar-refractivity contribution in [3.8, 4) is 0 Å². The van der Waals surface area contributed by atoms with E-state index in [-0.39, 0.29) is 36.7 Å². The molecule has 5 aromatic carbocycles. The average molecular weight is 646 g/mol. The van der Waals surface area contributed by atoms with Crippen LogP contribution in [0.4, 0.5) is 0 Å². The Balaban J connectivity index is 1.22. The van der Waals surface area contributed by atoms with Gasteiger partial charge in [0, 0.05) is 65.3 Å². The van der Waals surface area contributed by atoms with Crippen LogP contribution >= 0.6 is 0 Å². The van der Waals surface area contributed by atoms with E-state index in [1.54, 1.807) is 31.5 Å². The van der Waals surface area contributed by atoms with E-state index >= 15 is 0 Å². The Kier molecular flexibility index (Phi) is 7.10. The summed E-state index contributed by atoms with van der Waals surface area (Å²) in [6, 6.07) is 18.9. The third-order valence-electron chi connectivity index (χ3n) is 9.90. The molecule has 0 spiro atoms. The Hall–Kier alpha value is -6.15. The molecule has 8 heteroatoms. The van der Waals surface area contributed by atoms with Crippen molar-refractivity contribution in [1.29, 1.82) is 0 Å². The number of fused-ring (bicyclic) bond motifs is 2. The Bertz CT molecular complexity index is 2370. The van der Waals surface area contributed by atoms with Crippen molar-refractivity contribution in [2.45, 2.75) is 12.8 Å². The summed E-state index contributed by atoms with van der Waals surface area (Å²) in [6.45, 7) is 4.29. The van der Waals surface area contributed by atoms with E-state index < -0.39 is 0 Å². The van der Waals surface area contributed by atoms with Gasteiger partial charge in [-0.25, -0.2) is 4.57 Å². The maximum atomic E-state index is 13.9. The van der Waals surface area contributed by atoms with Gasteiger partial charge in [-0.3, -0.25) is 29.0 Å². The Morgan fingerprint density at radius 2 is 1.12 bits per heavy atom. The molecule has 8 nitrogen and oxygen atoms in total. The number of aryl methyl sites for hydroxylation is 1. The molecular weight excluding hydrogens is 612 g/mol. The number of carbonyl (C=O) groups is 4. The van der Waals surface area contributed by atoms with Crippen LogP contribution in [0, 0.1) is 0 Å². The fourth-order valence-corrected chi connectivity index (χ4v) is 7.52. The lowest BCUT2D eigenvalue weighted by Crippen LogP contribution is -2.41. The summed E-state index contributed by atoms with van der Waals surface area (Å²) >= 11 is 0. The zero-order valence-corrected chi connectivity index (χ0v) is 27.2. The van der Waals surface area contributed by atoms with Crippen LogP contribution in [0.3, 0.4) is 0 Å². The minimum absolute atomic E-state index is 0.229. The molecule has 0 aliphatic carbocycles. The number of allylic oxidation sites excluding steroid dienone is 3. The molecule has 6 aromatic rings. The molecule has 0 fully saturated rings. The van der Waals surface area contributed by atoms with Crippen LogP contribution in [-0.4, -0.2) is 53.6 Å². The highest BCUT2D eigenvalue weighted by atomic mass is 16.2. The minimum atomic E-state index is -0.325. The van der Waals surface area contributed by atoms with Crippen molar-refractivity contribution in [1.82, 2.24) is 15.1 Å². The topological polar surface area (TPSA) is 90.7 Å². The third-order valence-corrected chi connectivity index (χ3v) is 9.90. The van der Waals surface area contributed by atoms with Gasteiger partial charge in [0.05, 0.1) is 0 Å². The van der Waals surface area contributed by atoms with Gasteiger partial charge in [-0.2, -0.15) is 0 Å². The smallest absolute Gasteiger partial charge is 0.261 e. The predicted octanol–water partition coefficient (Wildman–Crippen LogP) is 6.23. The van der Waals surface area contributed by atoms with E-state index in [1.807, 2.05) is 84.7 Å². The van der Waals surface area contributed by atoms with Crippen LogP contribution in [0.25, 0.3) is 43.1 Å². The number of nitrogens with one attached hydrogen (secondary N) is 1. The average Bonchev–Trinajstić information content (AvgIpc) is 3.11. The van der Waals surface area contributed by atoms with Crippen molar-refractivity contribution < 1.29 is 23.7 Å². The Morgan fingerprint density at radius 1 is 0.673 bits per heavy atom. The third kappa shape index (κ3) is 4.55. The van der Waals surface area contributed by atoms with E-state index in [9.17, 15) is 19.2 Å². The van der Waals surface area contributed by atoms with Crippen LogP contribution in [0.5, 0.6) is 0 Å². The highest BCUT2D eigenvalue weighted by molar-refractivity contribution is 6.41. The number of benzene rings is 5. The van der Waals surface area contributed by atoms with Crippen LogP contribution < -0.4 is 9.88 Å². The normalized spacial score (nSPS) is 14.9. The number of hydrogen-bond donors (Lipinski definition) is 1. The standard InChI is InChI=1S/C41H33N4O4/c1-4-5-24(14-19-42-2)17-22-44-38(46)30-10-6-26-28-8-12-32-37-33(41(49)45(40(32)48)23-18-25-15-20-43(3)21-16-25)13-9-29(35(28)37)27-7-11-31(39(44)47)36(30)34(26)27/h4-16,19-21,42H,1,17-18,22-23H2,2-3H3/q+1/b19-14-,24-5+. The predicted molar refractivity (Wildman–Crippen MR) is 191 cm³/mol. The molecule has 2 aliphatic heterocycles. The van der Waals surface area contributed by atoms with Crippen LogP contribution in [0.2, 0.25) is 0 Å². The maximum Gasteiger partial charge on any atom is 0.261 e. The lowest BCUT2D eigenvalue weighted by molar-refractivity contribution is -0.671. The zero-order valence-electron chi connectivity index (χ0n) is 27.2. The summed E-state index contributed by atoms with van der Waals surface area (Å²) in [7, 11) is 3.75. The fourth-order valence-electron chi connectivity index (χ4n) is 7.52. The highest BCUT2D eigenvalue weighted by Gasteiger charge is 2.36. The lowest BCUT2D eigenvalue weighted by Gasteiger charge is -2.30. The monoisotopic (exact) mass is 645 g/mol. The van der Waals surface area contributed by atoms with E-state index in [4.69, 9.17) is 0 Å². The SMILES string of the molecule is C=C/C=C(\C=C/NC)CCN1C(=O)c2ccc3c4ccc5c6c(ccc(c7ccc(c2c37)C1=O)c64)C(=O)N(CCc1cc[n+](C)cc1)C5=O. The van der Waals surface area contributed by atoms with Gasteiger partial charge in [0.2, 0.25) is 0 Å².